The molecule has 1 aliphatic rings. The second-order valence-corrected chi connectivity index (χ2v) is 10.9. The zero-order valence-electron chi connectivity index (χ0n) is 18.5. The van der Waals surface area contributed by atoms with Crippen LogP contribution in [-0.2, 0) is 40.7 Å². The third-order valence-corrected chi connectivity index (χ3v) is 8.39. The number of anilines is 1. The molecule has 2 aromatic carbocycles. The van der Waals surface area contributed by atoms with Crippen LogP contribution in [0.2, 0.25) is 0 Å². The molecule has 0 radical (unpaired) electrons. The van der Waals surface area contributed by atoms with E-state index in [-0.39, 0.29) is 17.1 Å². The Kier molecular flexibility index (Phi) is 7.09. The van der Waals surface area contributed by atoms with E-state index in [9.17, 15) is 22.9 Å². The van der Waals surface area contributed by atoms with Crippen molar-refractivity contribution in [1.29, 1.82) is 5.26 Å². The number of nitrogens with one attached hydrogen (secondary N) is 2. The average Bonchev–Trinajstić information content (AvgIpc) is 3.15. The van der Waals surface area contributed by atoms with Gasteiger partial charge in [0.2, 0.25) is 15.9 Å². The van der Waals surface area contributed by atoms with Crippen LogP contribution in [0.15, 0.2) is 53.4 Å². The number of hydrogen-bond donors (Lipinski definition) is 2. The van der Waals surface area contributed by atoms with Crippen molar-refractivity contribution in [1.82, 2.24) is 9.62 Å². The highest BCUT2D eigenvalue weighted by molar-refractivity contribution is 7.89. The lowest BCUT2D eigenvalue weighted by molar-refractivity contribution is -0.115. The fourth-order valence-corrected chi connectivity index (χ4v) is 6.17. The van der Waals surface area contributed by atoms with Crippen LogP contribution in [0.1, 0.15) is 27.1 Å². The SMILES string of the molecule is CNS(=O)(=O)c1ccccc1CC(=O)Nc1sc2c(c1C#N)CN(Cc1cccc(F)c1)CC2. The fraction of sp³-hybridized carbons (Fsp3) is 0.250. The molecular formula is C24H23FN4O3S2. The van der Waals surface area contributed by atoms with E-state index >= 15 is 0 Å². The van der Waals surface area contributed by atoms with Gasteiger partial charge in [0.25, 0.3) is 0 Å². The Morgan fingerprint density at radius 3 is 2.76 bits per heavy atom. The molecule has 0 atom stereocenters. The number of thiophene rings is 1. The third-order valence-electron chi connectivity index (χ3n) is 5.67. The van der Waals surface area contributed by atoms with Crippen molar-refractivity contribution in [3.63, 3.8) is 0 Å². The van der Waals surface area contributed by atoms with E-state index in [0.717, 1.165) is 29.0 Å². The summed E-state index contributed by atoms with van der Waals surface area (Å²) in [6.07, 6.45) is 0.583. The van der Waals surface area contributed by atoms with Crippen molar-refractivity contribution in [2.45, 2.75) is 30.8 Å². The number of carbonyl (C=O) groups excluding carboxylic acids is 1. The Morgan fingerprint density at radius 2 is 2.03 bits per heavy atom. The van der Waals surface area contributed by atoms with Crippen molar-refractivity contribution >= 4 is 32.3 Å². The smallest absolute Gasteiger partial charge is 0.240 e. The molecule has 1 aromatic heterocycles. The van der Waals surface area contributed by atoms with Crippen molar-refractivity contribution in [3.8, 4) is 6.07 Å². The number of carbonyl (C=O) groups is 1. The van der Waals surface area contributed by atoms with Crippen molar-refractivity contribution in [2.24, 2.45) is 0 Å². The van der Waals surface area contributed by atoms with E-state index in [1.807, 2.05) is 6.07 Å². The summed E-state index contributed by atoms with van der Waals surface area (Å²) in [4.78, 5) is 16.0. The molecule has 0 saturated heterocycles. The first-order valence-electron chi connectivity index (χ1n) is 10.6. The molecular weight excluding hydrogens is 475 g/mol. The summed E-state index contributed by atoms with van der Waals surface area (Å²) < 4.78 is 40.3. The van der Waals surface area contributed by atoms with E-state index in [1.54, 1.807) is 24.3 Å². The largest absolute Gasteiger partial charge is 0.316 e. The molecule has 34 heavy (non-hydrogen) atoms. The molecule has 1 amide bonds. The summed E-state index contributed by atoms with van der Waals surface area (Å²) in [5.74, 6) is -0.678. The predicted molar refractivity (Wildman–Crippen MR) is 128 cm³/mol. The molecule has 0 fully saturated rings. The maximum atomic E-state index is 13.5. The zero-order chi connectivity index (χ0) is 24.3. The highest BCUT2D eigenvalue weighted by Crippen LogP contribution is 2.37. The van der Waals surface area contributed by atoms with Gasteiger partial charge >= 0.3 is 0 Å². The van der Waals surface area contributed by atoms with Crippen LogP contribution in [-0.4, -0.2) is 32.8 Å². The standard InChI is InChI=1S/C24H23FN4O3S2/c1-27-34(31,32)22-8-3-2-6-17(22)12-23(30)28-24-19(13-26)20-15-29(10-9-21(20)33-24)14-16-5-4-7-18(25)11-16/h2-8,11,27H,9-10,12,14-15H2,1H3,(H,28,30). The molecule has 0 saturated carbocycles. The van der Waals surface area contributed by atoms with Crippen LogP contribution >= 0.6 is 11.3 Å². The number of nitrogens with zero attached hydrogens (tertiary/aromatic N) is 2. The number of halogens is 1. The molecule has 7 nitrogen and oxygen atoms in total. The summed E-state index contributed by atoms with van der Waals surface area (Å²) >= 11 is 1.38. The molecule has 3 aromatic rings. The Bertz CT molecular complexity index is 1380. The lowest BCUT2D eigenvalue weighted by atomic mass is 10.0. The van der Waals surface area contributed by atoms with Gasteiger partial charge < -0.3 is 5.32 Å². The fourth-order valence-electron chi connectivity index (χ4n) is 4.04. The number of nitriles is 1. The van der Waals surface area contributed by atoms with Crippen LogP contribution in [0.4, 0.5) is 9.39 Å². The van der Waals surface area contributed by atoms with E-state index in [2.05, 4.69) is 21.0 Å². The lowest BCUT2D eigenvalue weighted by Crippen LogP contribution is -2.29. The number of hydrogen-bond acceptors (Lipinski definition) is 6. The van der Waals surface area contributed by atoms with E-state index in [1.165, 1.54) is 36.6 Å². The second kappa shape index (κ2) is 10.0. The summed E-state index contributed by atoms with van der Waals surface area (Å²) in [6.45, 7) is 1.86. The molecule has 0 bridgehead atoms. The predicted octanol–water partition coefficient (Wildman–Crippen LogP) is 3.41. The van der Waals surface area contributed by atoms with Gasteiger partial charge in [-0.3, -0.25) is 9.69 Å². The average molecular weight is 499 g/mol. The van der Waals surface area contributed by atoms with Gasteiger partial charge in [0.1, 0.15) is 16.9 Å². The van der Waals surface area contributed by atoms with Crippen LogP contribution < -0.4 is 10.0 Å². The normalized spacial score (nSPS) is 13.8. The van der Waals surface area contributed by atoms with Crippen LogP contribution in [0.3, 0.4) is 0 Å². The van der Waals surface area contributed by atoms with Gasteiger partial charge in [-0.1, -0.05) is 30.3 Å². The Morgan fingerprint density at radius 1 is 1.24 bits per heavy atom. The van der Waals surface area contributed by atoms with Gasteiger partial charge in [-0.2, -0.15) is 5.26 Å². The minimum absolute atomic E-state index is 0.0478. The third kappa shape index (κ3) is 5.18. The van der Waals surface area contributed by atoms with Crippen molar-refractivity contribution in [2.75, 3.05) is 18.9 Å². The molecule has 4 rings (SSSR count). The first-order chi connectivity index (χ1) is 16.3. The molecule has 1 aliphatic heterocycles. The highest BCUT2D eigenvalue weighted by Gasteiger charge is 2.26. The molecule has 2 heterocycles. The number of rotatable bonds is 7. The topological polar surface area (TPSA) is 102 Å². The van der Waals surface area contributed by atoms with E-state index < -0.39 is 15.9 Å². The number of amides is 1. The summed E-state index contributed by atoms with van der Waals surface area (Å²) in [6, 6.07) is 15.0. The van der Waals surface area contributed by atoms with Gasteiger partial charge in [0.15, 0.2) is 0 Å². The monoisotopic (exact) mass is 498 g/mol. The van der Waals surface area contributed by atoms with E-state index in [0.29, 0.717) is 29.2 Å². The van der Waals surface area contributed by atoms with Crippen LogP contribution in [0.25, 0.3) is 0 Å². The summed E-state index contributed by atoms with van der Waals surface area (Å²) in [5.41, 5.74) is 2.54. The quantitative estimate of drug-likeness (QED) is 0.520. The first kappa shape index (κ1) is 24.0. The number of benzene rings is 2. The summed E-state index contributed by atoms with van der Waals surface area (Å²) in [5, 5.41) is 13.1. The number of fused-ring (bicyclic) bond motifs is 1. The molecule has 176 valence electrons. The van der Waals surface area contributed by atoms with Crippen molar-refractivity contribution in [3.05, 3.63) is 81.5 Å². The molecule has 0 spiro atoms. The van der Waals surface area contributed by atoms with Gasteiger partial charge in [-0.25, -0.2) is 17.5 Å². The lowest BCUT2D eigenvalue weighted by Gasteiger charge is -2.27. The van der Waals surface area contributed by atoms with E-state index in [4.69, 9.17) is 0 Å². The zero-order valence-corrected chi connectivity index (χ0v) is 20.1. The second-order valence-electron chi connectivity index (χ2n) is 7.95. The molecule has 2 N–H and O–H groups in total. The maximum absolute atomic E-state index is 13.5. The minimum Gasteiger partial charge on any atom is -0.316 e. The van der Waals surface area contributed by atoms with Gasteiger partial charge in [-0.05, 0) is 42.8 Å². The van der Waals surface area contributed by atoms with Gasteiger partial charge in [0.05, 0.1) is 16.9 Å². The van der Waals surface area contributed by atoms with Gasteiger partial charge in [-0.15, -0.1) is 11.3 Å². The Balaban J connectivity index is 1.51. The van der Waals surface area contributed by atoms with Gasteiger partial charge in [0, 0.05) is 30.1 Å². The maximum Gasteiger partial charge on any atom is 0.240 e. The van der Waals surface area contributed by atoms with Crippen LogP contribution in [0.5, 0.6) is 0 Å². The Labute approximate surface area is 201 Å². The van der Waals surface area contributed by atoms with Crippen LogP contribution in [0, 0.1) is 17.1 Å². The molecule has 0 aliphatic carbocycles. The summed E-state index contributed by atoms with van der Waals surface area (Å²) in [7, 11) is -2.39. The minimum atomic E-state index is -3.71. The highest BCUT2D eigenvalue weighted by atomic mass is 32.2. The number of sulfonamides is 1. The first-order valence-corrected chi connectivity index (χ1v) is 12.9. The Hall–Kier alpha value is -3.10. The molecule has 0 unspecified atom stereocenters. The van der Waals surface area contributed by atoms with Crippen molar-refractivity contribution < 1.29 is 17.6 Å². The molecule has 10 heteroatoms.